The van der Waals surface area contributed by atoms with Gasteiger partial charge in [-0.2, -0.15) is 4.72 Å². The minimum absolute atomic E-state index is 0.0298. The molecule has 21 heavy (non-hydrogen) atoms. The average molecular weight is 346 g/mol. The molecule has 0 fully saturated rings. The largest absolute Gasteiger partial charge is 0.480 e. The lowest BCUT2D eigenvalue weighted by Crippen LogP contribution is -2.33. The molecule has 2 aromatic rings. The normalized spacial score (nSPS) is 13.0. The number of aryl methyl sites for hydroxylation is 1. The van der Waals surface area contributed by atoms with Crippen molar-refractivity contribution in [3.05, 3.63) is 51.2 Å². The van der Waals surface area contributed by atoms with E-state index in [2.05, 4.69) is 4.72 Å². The third-order valence-corrected chi connectivity index (χ3v) is 5.52. The maximum atomic E-state index is 12.4. The lowest BCUT2D eigenvalue weighted by molar-refractivity contribution is -0.139. The Morgan fingerprint density at radius 2 is 2.10 bits per heavy atom. The first kappa shape index (κ1) is 16.0. The predicted octanol–water partition coefficient (Wildman–Crippen LogP) is 2.81. The third-order valence-electron chi connectivity index (χ3n) is 2.79. The van der Waals surface area contributed by atoms with Gasteiger partial charge < -0.3 is 5.11 Å². The Morgan fingerprint density at radius 1 is 1.38 bits per heavy atom. The van der Waals surface area contributed by atoms with Crippen LogP contribution < -0.4 is 4.72 Å². The van der Waals surface area contributed by atoms with E-state index in [1.54, 1.807) is 36.6 Å². The summed E-state index contributed by atoms with van der Waals surface area (Å²) in [6.07, 6.45) is 0. The Balaban J connectivity index is 2.40. The maximum absolute atomic E-state index is 12.4. The molecule has 2 rings (SSSR count). The number of aliphatic carboxylic acids is 1. The zero-order chi connectivity index (χ0) is 15.6. The lowest BCUT2D eigenvalue weighted by atomic mass is 10.2. The summed E-state index contributed by atoms with van der Waals surface area (Å²) in [5.74, 6) is -1.26. The van der Waals surface area contributed by atoms with Gasteiger partial charge in [-0.05, 0) is 36.1 Å². The first-order valence-electron chi connectivity index (χ1n) is 5.86. The molecule has 0 aliphatic heterocycles. The molecule has 0 saturated carbocycles. The fourth-order valence-corrected chi connectivity index (χ4v) is 4.29. The number of carbonyl (C=O) groups is 1. The summed E-state index contributed by atoms with van der Waals surface area (Å²) in [7, 11) is -3.99. The number of hydrogen-bond acceptors (Lipinski definition) is 4. The van der Waals surface area contributed by atoms with Crippen molar-refractivity contribution < 1.29 is 18.3 Å². The molecule has 0 saturated heterocycles. The zero-order valence-electron chi connectivity index (χ0n) is 10.9. The highest BCUT2D eigenvalue weighted by molar-refractivity contribution is 7.89. The molecule has 112 valence electrons. The van der Waals surface area contributed by atoms with E-state index in [1.807, 2.05) is 0 Å². The fourth-order valence-electron chi connectivity index (χ4n) is 1.77. The van der Waals surface area contributed by atoms with Crippen molar-refractivity contribution in [2.45, 2.75) is 17.9 Å². The fraction of sp³-hybridized carbons (Fsp3) is 0.154. The van der Waals surface area contributed by atoms with E-state index in [1.165, 1.54) is 17.4 Å². The van der Waals surface area contributed by atoms with Crippen molar-refractivity contribution in [2.75, 3.05) is 0 Å². The highest BCUT2D eigenvalue weighted by atomic mass is 35.5. The van der Waals surface area contributed by atoms with E-state index in [-0.39, 0.29) is 9.92 Å². The smallest absolute Gasteiger partial charge is 0.327 e. The number of nitrogens with one attached hydrogen (secondary N) is 1. The molecule has 1 unspecified atom stereocenters. The van der Waals surface area contributed by atoms with Gasteiger partial charge in [0.1, 0.15) is 0 Å². The standard InChI is InChI=1S/C13H12ClNO4S2/c1-8-4-5-9(14)7-11(8)21(18,19)15-12(13(16)17)10-3-2-6-20-10/h2-7,12,15H,1H3,(H,16,17). The molecule has 0 aliphatic carbocycles. The van der Waals surface area contributed by atoms with Gasteiger partial charge in [0.15, 0.2) is 6.04 Å². The first-order chi connectivity index (χ1) is 9.81. The van der Waals surface area contributed by atoms with Crippen molar-refractivity contribution in [1.82, 2.24) is 4.72 Å². The Hall–Kier alpha value is -1.41. The van der Waals surface area contributed by atoms with Gasteiger partial charge in [-0.1, -0.05) is 23.7 Å². The second kappa shape index (κ2) is 6.15. The molecule has 1 heterocycles. The molecular weight excluding hydrogens is 334 g/mol. The van der Waals surface area contributed by atoms with Crippen LogP contribution in [0.4, 0.5) is 0 Å². The zero-order valence-corrected chi connectivity index (χ0v) is 13.3. The predicted molar refractivity (Wildman–Crippen MR) is 81.2 cm³/mol. The van der Waals surface area contributed by atoms with Crippen molar-refractivity contribution in [2.24, 2.45) is 0 Å². The molecule has 5 nitrogen and oxygen atoms in total. The van der Waals surface area contributed by atoms with Crippen LogP contribution in [-0.2, 0) is 14.8 Å². The Labute approximate surface area is 131 Å². The van der Waals surface area contributed by atoms with Gasteiger partial charge in [0.05, 0.1) is 4.90 Å². The molecule has 1 aromatic heterocycles. The molecule has 1 aromatic carbocycles. The van der Waals surface area contributed by atoms with Gasteiger partial charge >= 0.3 is 5.97 Å². The average Bonchev–Trinajstić information content (AvgIpc) is 2.92. The molecule has 0 aliphatic rings. The minimum atomic E-state index is -3.99. The summed E-state index contributed by atoms with van der Waals surface area (Å²) in [5, 5.41) is 11.2. The van der Waals surface area contributed by atoms with Crippen LogP contribution in [0.1, 0.15) is 16.5 Å². The molecule has 0 spiro atoms. The lowest BCUT2D eigenvalue weighted by Gasteiger charge is -2.15. The first-order valence-corrected chi connectivity index (χ1v) is 8.60. The second-order valence-corrected chi connectivity index (χ2v) is 7.42. The van der Waals surface area contributed by atoms with Crippen LogP contribution in [0.25, 0.3) is 0 Å². The number of benzene rings is 1. The molecule has 1 atom stereocenters. The summed E-state index contributed by atoms with van der Waals surface area (Å²) in [5.41, 5.74) is 0.488. The third kappa shape index (κ3) is 3.62. The Kier molecular flexibility index (Phi) is 4.67. The van der Waals surface area contributed by atoms with Crippen LogP contribution in [0.5, 0.6) is 0 Å². The highest BCUT2D eigenvalue weighted by Crippen LogP contribution is 2.25. The summed E-state index contributed by atoms with van der Waals surface area (Å²) >= 11 is 6.98. The van der Waals surface area contributed by atoms with E-state index in [9.17, 15) is 18.3 Å². The van der Waals surface area contributed by atoms with E-state index in [4.69, 9.17) is 11.6 Å². The molecule has 0 amide bonds. The van der Waals surface area contributed by atoms with Crippen LogP contribution >= 0.6 is 22.9 Å². The van der Waals surface area contributed by atoms with Gasteiger partial charge in [-0.3, -0.25) is 4.79 Å². The topological polar surface area (TPSA) is 83.5 Å². The van der Waals surface area contributed by atoms with Crippen LogP contribution in [0, 0.1) is 6.92 Å². The number of halogens is 1. The summed E-state index contributed by atoms with van der Waals surface area (Å²) in [6.45, 7) is 1.62. The highest BCUT2D eigenvalue weighted by Gasteiger charge is 2.28. The van der Waals surface area contributed by atoms with Crippen LogP contribution in [-0.4, -0.2) is 19.5 Å². The SMILES string of the molecule is Cc1ccc(Cl)cc1S(=O)(=O)NC(C(=O)O)c1cccs1. The minimum Gasteiger partial charge on any atom is -0.480 e. The number of hydrogen-bond donors (Lipinski definition) is 2. The van der Waals surface area contributed by atoms with E-state index >= 15 is 0 Å². The molecular formula is C13H12ClNO4S2. The van der Waals surface area contributed by atoms with Crippen LogP contribution in [0.3, 0.4) is 0 Å². The Morgan fingerprint density at radius 3 is 2.67 bits per heavy atom. The monoisotopic (exact) mass is 345 g/mol. The van der Waals surface area contributed by atoms with Gasteiger partial charge in [-0.25, -0.2) is 8.42 Å². The summed E-state index contributed by atoms with van der Waals surface area (Å²) in [6, 6.07) is 6.34. The van der Waals surface area contributed by atoms with Gasteiger partial charge in [-0.15, -0.1) is 11.3 Å². The molecule has 2 N–H and O–H groups in total. The number of carboxylic acids is 1. The van der Waals surface area contributed by atoms with Crippen LogP contribution in [0.2, 0.25) is 5.02 Å². The van der Waals surface area contributed by atoms with Crippen LogP contribution in [0.15, 0.2) is 40.6 Å². The van der Waals surface area contributed by atoms with Crippen molar-refractivity contribution in [3.63, 3.8) is 0 Å². The number of sulfonamides is 1. The van der Waals surface area contributed by atoms with Crippen molar-refractivity contribution >= 4 is 38.9 Å². The quantitative estimate of drug-likeness (QED) is 0.872. The molecule has 0 radical (unpaired) electrons. The molecule has 0 bridgehead atoms. The summed E-state index contributed by atoms with van der Waals surface area (Å²) < 4.78 is 27.0. The summed E-state index contributed by atoms with van der Waals surface area (Å²) in [4.78, 5) is 11.7. The van der Waals surface area contributed by atoms with Crippen molar-refractivity contribution in [1.29, 1.82) is 0 Å². The van der Waals surface area contributed by atoms with Gasteiger partial charge in [0.2, 0.25) is 10.0 Å². The van der Waals surface area contributed by atoms with E-state index in [0.717, 1.165) is 0 Å². The second-order valence-electron chi connectivity index (χ2n) is 4.32. The van der Waals surface area contributed by atoms with Gasteiger partial charge in [0.25, 0.3) is 0 Å². The van der Waals surface area contributed by atoms with Crippen molar-refractivity contribution in [3.8, 4) is 0 Å². The molecule has 8 heteroatoms. The van der Waals surface area contributed by atoms with E-state index in [0.29, 0.717) is 10.4 Å². The number of thiophene rings is 1. The number of carboxylic acid groups (broad SMARTS) is 1. The maximum Gasteiger partial charge on any atom is 0.327 e. The van der Waals surface area contributed by atoms with E-state index < -0.39 is 22.0 Å². The number of rotatable bonds is 5. The van der Waals surface area contributed by atoms with Gasteiger partial charge in [0, 0.05) is 9.90 Å². The Bertz CT molecular complexity index is 756.